The minimum Gasteiger partial charge on any atom is -0.452 e. The Kier molecular flexibility index (Phi) is 6.77. The fourth-order valence-electron chi connectivity index (χ4n) is 1.70. The number of esters is 1. The van der Waals surface area contributed by atoms with E-state index in [1.807, 2.05) is 30.5 Å². The average molecular weight is 361 g/mol. The molecule has 0 atom stereocenters. The Hall–Kier alpha value is -2.38. The molecule has 2 rings (SSSR count). The Morgan fingerprint density at radius 2 is 1.96 bits per heavy atom. The molecule has 0 aliphatic carbocycles. The summed E-state index contributed by atoms with van der Waals surface area (Å²) in [5.41, 5.74) is 0.849. The molecule has 24 heavy (non-hydrogen) atoms. The molecule has 0 bridgehead atoms. The Morgan fingerprint density at radius 3 is 2.58 bits per heavy atom. The third kappa shape index (κ3) is 5.68. The van der Waals surface area contributed by atoms with Crippen LogP contribution in [0.25, 0.3) is 6.08 Å². The molecule has 0 unspecified atom stereocenters. The summed E-state index contributed by atoms with van der Waals surface area (Å²) in [4.78, 5) is 36.3. The third-order valence-corrected chi connectivity index (χ3v) is 4.48. The molecule has 1 N–H and O–H groups in total. The summed E-state index contributed by atoms with van der Waals surface area (Å²) < 4.78 is 4.80. The lowest BCUT2D eigenvalue weighted by Crippen LogP contribution is -2.33. The molecule has 124 valence electrons. The zero-order valence-corrected chi connectivity index (χ0v) is 14.5. The van der Waals surface area contributed by atoms with Gasteiger partial charge in [0, 0.05) is 11.0 Å². The van der Waals surface area contributed by atoms with Crippen molar-refractivity contribution in [3.05, 3.63) is 58.3 Å². The van der Waals surface area contributed by atoms with E-state index in [-0.39, 0.29) is 0 Å². The lowest BCUT2D eigenvalue weighted by molar-refractivity contribution is -0.143. The highest BCUT2D eigenvalue weighted by molar-refractivity contribution is 7.98. The number of carbonyl (C=O) groups is 3. The molecule has 2 amide bonds. The van der Waals surface area contributed by atoms with Gasteiger partial charge in [-0.2, -0.15) is 0 Å². The van der Waals surface area contributed by atoms with Crippen LogP contribution in [-0.4, -0.2) is 30.6 Å². The van der Waals surface area contributed by atoms with Crippen molar-refractivity contribution in [2.24, 2.45) is 0 Å². The van der Waals surface area contributed by atoms with Crippen LogP contribution in [0.3, 0.4) is 0 Å². The molecule has 0 aliphatic heterocycles. The van der Waals surface area contributed by atoms with E-state index in [1.54, 1.807) is 35.4 Å². The highest BCUT2D eigenvalue weighted by Gasteiger charge is 2.12. The van der Waals surface area contributed by atoms with Gasteiger partial charge in [0.15, 0.2) is 6.61 Å². The maximum atomic E-state index is 11.6. The van der Waals surface area contributed by atoms with Gasteiger partial charge < -0.3 is 4.74 Å². The monoisotopic (exact) mass is 361 g/mol. The quantitative estimate of drug-likeness (QED) is 0.486. The van der Waals surface area contributed by atoms with Gasteiger partial charge in [0.05, 0.1) is 4.88 Å². The van der Waals surface area contributed by atoms with Crippen LogP contribution in [0.15, 0.2) is 52.7 Å². The minimum atomic E-state index is -0.667. The average Bonchev–Trinajstić information content (AvgIpc) is 3.13. The molecular formula is C17H15NO4S2. The van der Waals surface area contributed by atoms with E-state index in [1.165, 1.54) is 17.4 Å². The van der Waals surface area contributed by atoms with E-state index >= 15 is 0 Å². The minimum absolute atomic E-state index is 0.420. The number of thiophene rings is 1. The molecule has 7 heteroatoms. The summed E-state index contributed by atoms with van der Waals surface area (Å²) in [6.07, 6.45) is 4.82. The van der Waals surface area contributed by atoms with E-state index in [0.29, 0.717) is 4.88 Å². The number of imide groups is 1. The smallest absolute Gasteiger partial charge is 0.331 e. The first kappa shape index (κ1) is 18.0. The lowest BCUT2D eigenvalue weighted by Gasteiger charge is -2.03. The van der Waals surface area contributed by atoms with Crippen molar-refractivity contribution in [1.82, 2.24) is 5.32 Å². The van der Waals surface area contributed by atoms with Crippen LogP contribution in [0.4, 0.5) is 0 Å². The maximum absolute atomic E-state index is 11.6. The topological polar surface area (TPSA) is 72.5 Å². The van der Waals surface area contributed by atoms with E-state index in [0.717, 1.165) is 10.5 Å². The van der Waals surface area contributed by atoms with Gasteiger partial charge in [0.2, 0.25) is 0 Å². The Bertz CT molecular complexity index is 736. The fourth-order valence-corrected chi connectivity index (χ4v) is 2.72. The van der Waals surface area contributed by atoms with Crippen LogP contribution < -0.4 is 5.32 Å². The van der Waals surface area contributed by atoms with E-state index < -0.39 is 24.4 Å². The number of hydrogen-bond acceptors (Lipinski definition) is 6. The Labute approximate surface area is 147 Å². The summed E-state index contributed by atoms with van der Waals surface area (Å²) >= 11 is 2.85. The van der Waals surface area contributed by atoms with Crippen molar-refractivity contribution < 1.29 is 19.1 Å². The summed E-state index contributed by atoms with van der Waals surface area (Å²) in [6, 6.07) is 11.0. The van der Waals surface area contributed by atoms with Crippen molar-refractivity contribution in [1.29, 1.82) is 0 Å². The molecule has 2 aromatic rings. The Morgan fingerprint density at radius 1 is 1.21 bits per heavy atom. The van der Waals surface area contributed by atoms with Crippen LogP contribution in [0.1, 0.15) is 15.2 Å². The number of hydrogen-bond donors (Lipinski definition) is 1. The van der Waals surface area contributed by atoms with Crippen molar-refractivity contribution >= 4 is 47.0 Å². The molecule has 1 aromatic heterocycles. The summed E-state index contributed by atoms with van der Waals surface area (Å²) in [7, 11) is 0. The molecular weight excluding hydrogens is 346 g/mol. The standard InChI is InChI=1S/C17H15NO4S2/c1-23-13-7-4-12(5-8-13)6-9-16(20)22-11-15(19)18-17(21)14-3-2-10-24-14/h2-10H,11H2,1H3,(H,18,19,21)/b9-6+. The molecule has 5 nitrogen and oxygen atoms in total. The van der Waals surface area contributed by atoms with E-state index in [4.69, 9.17) is 4.74 Å². The number of nitrogens with one attached hydrogen (secondary N) is 1. The van der Waals surface area contributed by atoms with Gasteiger partial charge in [-0.15, -0.1) is 23.1 Å². The number of amides is 2. The van der Waals surface area contributed by atoms with Gasteiger partial charge in [-0.3, -0.25) is 14.9 Å². The summed E-state index contributed by atoms with van der Waals surface area (Å²) in [5.74, 6) is -1.82. The van der Waals surface area contributed by atoms with Crippen LogP contribution in [0.2, 0.25) is 0 Å². The van der Waals surface area contributed by atoms with Gasteiger partial charge in [-0.1, -0.05) is 18.2 Å². The maximum Gasteiger partial charge on any atom is 0.331 e. The van der Waals surface area contributed by atoms with Crippen molar-refractivity contribution in [3.8, 4) is 0 Å². The normalized spacial score (nSPS) is 10.5. The zero-order chi connectivity index (χ0) is 17.4. The second-order valence-electron chi connectivity index (χ2n) is 4.57. The van der Waals surface area contributed by atoms with Gasteiger partial charge >= 0.3 is 5.97 Å². The number of ether oxygens (including phenoxy) is 1. The first-order valence-electron chi connectivity index (χ1n) is 6.95. The van der Waals surface area contributed by atoms with Gasteiger partial charge in [-0.05, 0) is 41.5 Å². The van der Waals surface area contributed by atoms with E-state index in [2.05, 4.69) is 5.32 Å². The molecule has 0 saturated heterocycles. The molecule has 0 saturated carbocycles. The number of thioether (sulfide) groups is 1. The highest BCUT2D eigenvalue weighted by atomic mass is 32.2. The number of carbonyl (C=O) groups excluding carboxylic acids is 3. The third-order valence-electron chi connectivity index (χ3n) is 2.87. The van der Waals surface area contributed by atoms with Gasteiger partial charge in [0.25, 0.3) is 11.8 Å². The van der Waals surface area contributed by atoms with Crippen LogP contribution in [-0.2, 0) is 14.3 Å². The van der Waals surface area contributed by atoms with Crippen LogP contribution in [0.5, 0.6) is 0 Å². The van der Waals surface area contributed by atoms with Crippen molar-refractivity contribution in [3.63, 3.8) is 0 Å². The molecule has 0 spiro atoms. The second-order valence-corrected chi connectivity index (χ2v) is 6.40. The molecule has 1 aromatic carbocycles. The largest absolute Gasteiger partial charge is 0.452 e. The summed E-state index contributed by atoms with van der Waals surface area (Å²) in [5, 5.41) is 3.89. The summed E-state index contributed by atoms with van der Waals surface area (Å²) in [6.45, 7) is -0.508. The molecule has 0 fully saturated rings. The first-order chi connectivity index (χ1) is 11.6. The van der Waals surface area contributed by atoms with Crippen molar-refractivity contribution in [2.75, 3.05) is 12.9 Å². The van der Waals surface area contributed by atoms with Crippen LogP contribution >= 0.6 is 23.1 Å². The SMILES string of the molecule is CSc1ccc(/C=C/C(=O)OCC(=O)NC(=O)c2cccs2)cc1. The van der Waals surface area contributed by atoms with Gasteiger partial charge in [0.1, 0.15) is 0 Å². The first-order valence-corrected chi connectivity index (χ1v) is 9.05. The van der Waals surface area contributed by atoms with Gasteiger partial charge in [-0.25, -0.2) is 4.79 Å². The zero-order valence-electron chi connectivity index (χ0n) is 12.9. The molecule has 0 radical (unpaired) electrons. The second kappa shape index (κ2) is 9.05. The number of rotatable bonds is 6. The number of benzene rings is 1. The predicted octanol–water partition coefficient (Wildman–Crippen LogP) is 2.98. The van der Waals surface area contributed by atoms with E-state index in [9.17, 15) is 14.4 Å². The van der Waals surface area contributed by atoms with Crippen molar-refractivity contribution in [2.45, 2.75) is 4.90 Å². The molecule has 1 heterocycles. The fraction of sp³-hybridized carbons (Fsp3) is 0.118. The lowest BCUT2D eigenvalue weighted by atomic mass is 10.2. The molecule has 0 aliphatic rings. The Balaban J connectivity index is 1.76. The highest BCUT2D eigenvalue weighted by Crippen LogP contribution is 2.15. The van der Waals surface area contributed by atoms with Crippen LogP contribution in [0, 0.1) is 0 Å². The predicted molar refractivity (Wildman–Crippen MR) is 95.0 cm³/mol.